The molecule has 0 fully saturated rings. The van der Waals surface area contributed by atoms with E-state index in [1.54, 1.807) is 29.5 Å². The average Bonchev–Trinajstić information content (AvgIpc) is 2.76. The van der Waals surface area contributed by atoms with Crippen LogP contribution in [-0.2, 0) is 12.8 Å². The minimum Gasteiger partial charge on any atom is -0.294 e. The first kappa shape index (κ1) is 13.6. The summed E-state index contributed by atoms with van der Waals surface area (Å²) in [6.45, 7) is 2.10. The van der Waals surface area contributed by atoms with Crippen molar-refractivity contribution in [3.05, 3.63) is 55.7 Å². The Hall–Kier alpha value is -0.830. The standard InChI is InChI=1S/C14H12Cl2OS/c1-2-9-6-7-10(18-9)8-13(17)14-11(15)4-3-5-12(14)16/h3-7H,2,8H2,1H3. The second-order valence-corrected chi connectivity index (χ2v) is 5.99. The van der Waals surface area contributed by atoms with Crippen LogP contribution in [0.2, 0.25) is 10.0 Å². The molecule has 0 amide bonds. The van der Waals surface area contributed by atoms with Crippen LogP contribution in [0.5, 0.6) is 0 Å². The van der Waals surface area contributed by atoms with E-state index in [4.69, 9.17) is 23.2 Å². The molecular weight excluding hydrogens is 287 g/mol. The van der Waals surface area contributed by atoms with Crippen LogP contribution in [0, 0.1) is 0 Å². The van der Waals surface area contributed by atoms with Gasteiger partial charge in [0.2, 0.25) is 0 Å². The van der Waals surface area contributed by atoms with Crippen molar-refractivity contribution < 1.29 is 4.79 Å². The zero-order valence-corrected chi connectivity index (χ0v) is 12.2. The minimum atomic E-state index is -0.0323. The van der Waals surface area contributed by atoms with Gasteiger partial charge in [0.25, 0.3) is 0 Å². The smallest absolute Gasteiger partial charge is 0.171 e. The maximum atomic E-state index is 12.2. The van der Waals surface area contributed by atoms with Gasteiger partial charge in [0, 0.05) is 16.2 Å². The van der Waals surface area contributed by atoms with Crippen molar-refractivity contribution >= 4 is 40.3 Å². The van der Waals surface area contributed by atoms with E-state index in [9.17, 15) is 4.79 Å². The Morgan fingerprint density at radius 3 is 2.28 bits per heavy atom. The monoisotopic (exact) mass is 298 g/mol. The fourth-order valence-corrected chi connectivity index (χ4v) is 3.28. The van der Waals surface area contributed by atoms with Crippen LogP contribution in [0.4, 0.5) is 0 Å². The summed E-state index contributed by atoms with van der Waals surface area (Å²) in [5, 5.41) is 0.833. The van der Waals surface area contributed by atoms with E-state index in [2.05, 4.69) is 13.0 Å². The lowest BCUT2D eigenvalue weighted by atomic mass is 10.1. The molecule has 2 aromatic rings. The molecule has 0 bridgehead atoms. The van der Waals surface area contributed by atoms with E-state index >= 15 is 0 Å². The zero-order valence-electron chi connectivity index (χ0n) is 9.87. The summed E-state index contributed by atoms with van der Waals surface area (Å²) < 4.78 is 0. The number of hydrogen-bond acceptors (Lipinski definition) is 2. The van der Waals surface area contributed by atoms with Gasteiger partial charge in [-0.05, 0) is 30.7 Å². The maximum absolute atomic E-state index is 12.2. The first-order valence-corrected chi connectivity index (χ1v) is 7.24. The largest absolute Gasteiger partial charge is 0.294 e. The second kappa shape index (κ2) is 5.87. The molecule has 2 rings (SSSR count). The van der Waals surface area contributed by atoms with E-state index in [0.29, 0.717) is 22.0 Å². The van der Waals surface area contributed by atoms with E-state index in [1.165, 1.54) is 4.88 Å². The summed E-state index contributed by atoms with van der Waals surface area (Å²) in [5.74, 6) is -0.0323. The fraction of sp³-hybridized carbons (Fsp3) is 0.214. The molecule has 1 aromatic carbocycles. The lowest BCUT2D eigenvalue weighted by Gasteiger charge is -2.04. The Bertz CT molecular complexity index is 555. The molecule has 0 N–H and O–H groups in total. The molecule has 0 radical (unpaired) electrons. The summed E-state index contributed by atoms with van der Waals surface area (Å²) >= 11 is 13.7. The Morgan fingerprint density at radius 1 is 1.11 bits per heavy atom. The highest BCUT2D eigenvalue weighted by Crippen LogP contribution is 2.27. The maximum Gasteiger partial charge on any atom is 0.171 e. The Morgan fingerprint density at radius 2 is 1.72 bits per heavy atom. The summed E-state index contributed by atoms with van der Waals surface area (Å²) in [7, 11) is 0. The molecule has 0 unspecified atom stereocenters. The number of aryl methyl sites for hydroxylation is 1. The molecule has 0 spiro atoms. The van der Waals surface area contributed by atoms with Gasteiger partial charge in [0.1, 0.15) is 0 Å². The van der Waals surface area contributed by atoms with Crippen LogP contribution in [-0.4, -0.2) is 5.78 Å². The Kier molecular flexibility index (Phi) is 4.44. The minimum absolute atomic E-state index is 0.0323. The van der Waals surface area contributed by atoms with Crippen LogP contribution >= 0.6 is 34.5 Å². The zero-order chi connectivity index (χ0) is 13.1. The van der Waals surface area contributed by atoms with Crippen molar-refractivity contribution in [1.29, 1.82) is 0 Å². The number of benzene rings is 1. The normalized spacial score (nSPS) is 10.6. The van der Waals surface area contributed by atoms with Gasteiger partial charge in [-0.1, -0.05) is 36.2 Å². The molecule has 1 heterocycles. The molecule has 1 nitrogen and oxygen atoms in total. The summed E-state index contributed by atoms with van der Waals surface area (Å²) in [5.41, 5.74) is 0.423. The first-order valence-electron chi connectivity index (χ1n) is 5.66. The summed E-state index contributed by atoms with van der Waals surface area (Å²) in [6, 6.07) is 9.16. The van der Waals surface area contributed by atoms with Gasteiger partial charge in [-0.25, -0.2) is 0 Å². The molecule has 94 valence electrons. The lowest BCUT2D eigenvalue weighted by Crippen LogP contribution is -2.04. The molecule has 4 heteroatoms. The predicted octanol–water partition coefficient (Wildman–Crippen LogP) is 5.04. The SMILES string of the molecule is CCc1ccc(CC(=O)c2c(Cl)cccc2Cl)s1. The van der Waals surface area contributed by atoms with Gasteiger partial charge in [-0.3, -0.25) is 4.79 Å². The fourth-order valence-electron chi connectivity index (χ4n) is 1.72. The number of halogens is 2. The number of ketones is 1. The van der Waals surface area contributed by atoms with Crippen molar-refractivity contribution in [2.24, 2.45) is 0 Å². The van der Waals surface area contributed by atoms with Crippen LogP contribution in [0.15, 0.2) is 30.3 Å². The van der Waals surface area contributed by atoms with Gasteiger partial charge in [-0.2, -0.15) is 0 Å². The van der Waals surface area contributed by atoms with Crippen LogP contribution in [0.25, 0.3) is 0 Å². The van der Waals surface area contributed by atoms with E-state index in [0.717, 1.165) is 11.3 Å². The summed E-state index contributed by atoms with van der Waals surface area (Å²) in [6.07, 6.45) is 1.35. The number of thiophene rings is 1. The van der Waals surface area contributed by atoms with Crippen LogP contribution < -0.4 is 0 Å². The average molecular weight is 299 g/mol. The van der Waals surface area contributed by atoms with Crippen molar-refractivity contribution in [1.82, 2.24) is 0 Å². The molecular formula is C14H12Cl2OS. The number of hydrogen-bond donors (Lipinski definition) is 0. The van der Waals surface area contributed by atoms with Gasteiger partial charge in [-0.15, -0.1) is 11.3 Å². The highest BCUT2D eigenvalue weighted by Gasteiger charge is 2.15. The van der Waals surface area contributed by atoms with Crippen molar-refractivity contribution in [3.8, 4) is 0 Å². The third kappa shape index (κ3) is 2.94. The van der Waals surface area contributed by atoms with Gasteiger partial charge in [0.15, 0.2) is 5.78 Å². The molecule has 0 saturated heterocycles. The molecule has 1 aromatic heterocycles. The van der Waals surface area contributed by atoms with E-state index in [-0.39, 0.29) is 5.78 Å². The van der Waals surface area contributed by atoms with Gasteiger partial charge in [0.05, 0.1) is 15.6 Å². The molecule has 0 aliphatic rings. The molecule has 18 heavy (non-hydrogen) atoms. The third-order valence-corrected chi connectivity index (χ3v) is 4.50. The molecule has 0 atom stereocenters. The van der Waals surface area contributed by atoms with Crippen molar-refractivity contribution in [2.45, 2.75) is 19.8 Å². The van der Waals surface area contributed by atoms with Crippen LogP contribution in [0.1, 0.15) is 27.0 Å². The lowest BCUT2D eigenvalue weighted by molar-refractivity contribution is 0.0994. The predicted molar refractivity (Wildman–Crippen MR) is 78.2 cm³/mol. The number of carbonyl (C=O) groups is 1. The highest BCUT2D eigenvalue weighted by atomic mass is 35.5. The van der Waals surface area contributed by atoms with Crippen LogP contribution in [0.3, 0.4) is 0 Å². The Balaban J connectivity index is 2.22. The first-order chi connectivity index (χ1) is 8.61. The van der Waals surface area contributed by atoms with Gasteiger partial charge >= 0.3 is 0 Å². The van der Waals surface area contributed by atoms with Gasteiger partial charge < -0.3 is 0 Å². The number of Topliss-reactive ketones (excluding diaryl/α,β-unsaturated/α-hetero) is 1. The molecule has 0 saturated carbocycles. The van der Waals surface area contributed by atoms with Crippen molar-refractivity contribution in [2.75, 3.05) is 0 Å². The molecule has 0 aliphatic heterocycles. The third-order valence-electron chi connectivity index (χ3n) is 2.64. The molecule has 0 aliphatic carbocycles. The number of carbonyl (C=O) groups excluding carboxylic acids is 1. The summed E-state index contributed by atoms with van der Waals surface area (Å²) in [4.78, 5) is 14.5. The number of rotatable bonds is 4. The Labute approximate surface area is 120 Å². The van der Waals surface area contributed by atoms with E-state index in [1.807, 2.05) is 6.07 Å². The highest BCUT2D eigenvalue weighted by molar-refractivity contribution is 7.12. The van der Waals surface area contributed by atoms with Crippen molar-refractivity contribution in [3.63, 3.8) is 0 Å². The second-order valence-electron chi connectivity index (χ2n) is 3.92. The quantitative estimate of drug-likeness (QED) is 0.723. The topological polar surface area (TPSA) is 17.1 Å². The van der Waals surface area contributed by atoms with E-state index < -0.39 is 0 Å².